The first-order chi connectivity index (χ1) is 8.13. The van der Waals surface area contributed by atoms with Gasteiger partial charge in [-0.3, -0.25) is 4.90 Å². The lowest BCUT2D eigenvalue weighted by Crippen LogP contribution is -2.53. The van der Waals surface area contributed by atoms with Crippen molar-refractivity contribution in [2.45, 2.75) is 78.8 Å². The van der Waals surface area contributed by atoms with Gasteiger partial charge in [0, 0.05) is 18.1 Å². The van der Waals surface area contributed by atoms with E-state index in [0.29, 0.717) is 11.6 Å². The second-order valence-corrected chi connectivity index (χ2v) is 5.19. The number of nitrogens with one attached hydrogen (secondary N) is 1. The van der Waals surface area contributed by atoms with Gasteiger partial charge in [-0.1, -0.05) is 34.1 Å². The number of nitrogens with zero attached hydrogens (tertiary/aromatic N) is 1. The molecule has 17 heavy (non-hydrogen) atoms. The van der Waals surface area contributed by atoms with E-state index in [1.807, 2.05) is 13.8 Å². The molecule has 1 rings (SSSR count). The van der Waals surface area contributed by atoms with E-state index >= 15 is 0 Å². The number of likely N-dealkylation sites (N-methyl/N-ethyl adjacent to an activating group) is 1. The van der Waals surface area contributed by atoms with Crippen molar-refractivity contribution < 1.29 is 0 Å². The molecule has 2 heteroatoms. The van der Waals surface area contributed by atoms with E-state index in [9.17, 15) is 0 Å². The Kier molecular flexibility index (Phi) is 8.89. The summed E-state index contributed by atoms with van der Waals surface area (Å²) in [5.74, 6) is 0. The maximum absolute atomic E-state index is 3.73. The van der Waals surface area contributed by atoms with E-state index in [2.05, 4.69) is 37.9 Å². The molecule has 1 aliphatic heterocycles. The zero-order chi connectivity index (χ0) is 13.3. The van der Waals surface area contributed by atoms with Crippen LogP contribution in [0.2, 0.25) is 0 Å². The Morgan fingerprint density at radius 2 is 1.82 bits per heavy atom. The molecule has 0 radical (unpaired) electrons. The average molecular weight is 242 g/mol. The zero-order valence-electron chi connectivity index (χ0n) is 13.0. The number of likely N-dealkylation sites (tertiary alicyclic amines) is 1. The predicted molar refractivity (Wildman–Crippen MR) is 78.6 cm³/mol. The first-order valence-corrected chi connectivity index (χ1v) is 7.62. The molecule has 0 aromatic carbocycles. The Hall–Kier alpha value is -0.0800. The minimum Gasteiger partial charge on any atom is -0.310 e. The SMILES string of the molecule is CC.CCNC1(CC)CCCCN(C(C)C)C1. The van der Waals surface area contributed by atoms with E-state index in [4.69, 9.17) is 0 Å². The summed E-state index contributed by atoms with van der Waals surface area (Å²) in [5.41, 5.74) is 0.384. The van der Waals surface area contributed by atoms with Crippen LogP contribution in [0.4, 0.5) is 0 Å². The molecule has 1 saturated heterocycles. The van der Waals surface area contributed by atoms with Crippen LogP contribution in [-0.4, -0.2) is 36.1 Å². The summed E-state index contributed by atoms with van der Waals surface area (Å²) in [6, 6.07) is 0.688. The highest BCUT2D eigenvalue weighted by atomic mass is 15.2. The minimum absolute atomic E-state index is 0.384. The second-order valence-electron chi connectivity index (χ2n) is 5.19. The van der Waals surface area contributed by atoms with E-state index in [0.717, 1.165) is 6.54 Å². The Balaban J connectivity index is 0.00000121. The molecule has 0 aliphatic carbocycles. The summed E-state index contributed by atoms with van der Waals surface area (Å²) in [7, 11) is 0. The van der Waals surface area contributed by atoms with Gasteiger partial charge in [-0.2, -0.15) is 0 Å². The van der Waals surface area contributed by atoms with Gasteiger partial charge in [0.1, 0.15) is 0 Å². The number of hydrogen-bond acceptors (Lipinski definition) is 2. The molecule has 0 bridgehead atoms. The summed E-state index contributed by atoms with van der Waals surface area (Å²) >= 11 is 0. The molecule has 1 heterocycles. The highest BCUT2D eigenvalue weighted by Gasteiger charge is 2.31. The fourth-order valence-electron chi connectivity index (χ4n) is 2.70. The lowest BCUT2D eigenvalue weighted by Gasteiger charge is -2.38. The van der Waals surface area contributed by atoms with Crippen molar-refractivity contribution in [3.05, 3.63) is 0 Å². The van der Waals surface area contributed by atoms with E-state index in [-0.39, 0.29) is 0 Å². The molecule has 0 aromatic heterocycles. The van der Waals surface area contributed by atoms with Crippen LogP contribution in [0.3, 0.4) is 0 Å². The lowest BCUT2D eigenvalue weighted by molar-refractivity contribution is 0.159. The molecule has 0 aromatic rings. The molecule has 1 N–H and O–H groups in total. The largest absolute Gasteiger partial charge is 0.310 e. The van der Waals surface area contributed by atoms with E-state index < -0.39 is 0 Å². The standard InChI is InChI=1S/C13H28N2.C2H6/c1-5-13(14-6-2)9-7-8-10-15(11-13)12(3)4;1-2/h12,14H,5-11H2,1-4H3;1-2H3. The smallest absolute Gasteiger partial charge is 0.0306 e. The number of hydrogen-bond donors (Lipinski definition) is 1. The van der Waals surface area contributed by atoms with Crippen LogP contribution >= 0.6 is 0 Å². The van der Waals surface area contributed by atoms with Crippen LogP contribution in [-0.2, 0) is 0 Å². The van der Waals surface area contributed by atoms with E-state index in [1.54, 1.807) is 0 Å². The van der Waals surface area contributed by atoms with Crippen LogP contribution in [0.15, 0.2) is 0 Å². The Morgan fingerprint density at radius 3 is 2.29 bits per heavy atom. The monoisotopic (exact) mass is 242 g/mol. The van der Waals surface area contributed by atoms with Crippen LogP contribution in [0.5, 0.6) is 0 Å². The quantitative estimate of drug-likeness (QED) is 0.809. The molecule has 0 saturated carbocycles. The molecule has 2 nitrogen and oxygen atoms in total. The normalized spacial score (nSPS) is 26.3. The summed E-state index contributed by atoms with van der Waals surface area (Å²) in [6.45, 7) is 16.8. The van der Waals surface area contributed by atoms with Gasteiger partial charge in [0.05, 0.1) is 0 Å². The van der Waals surface area contributed by atoms with Gasteiger partial charge >= 0.3 is 0 Å². The molecule has 1 unspecified atom stereocenters. The fraction of sp³-hybridized carbons (Fsp3) is 1.00. The molecule has 1 fully saturated rings. The van der Waals surface area contributed by atoms with Crippen molar-refractivity contribution in [2.75, 3.05) is 19.6 Å². The average Bonchev–Trinajstić information content (AvgIpc) is 2.56. The molecular formula is C15H34N2. The third-order valence-electron chi connectivity index (χ3n) is 3.82. The van der Waals surface area contributed by atoms with Crippen molar-refractivity contribution in [2.24, 2.45) is 0 Å². The Morgan fingerprint density at radius 1 is 1.18 bits per heavy atom. The molecule has 0 spiro atoms. The van der Waals surface area contributed by atoms with Gasteiger partial charge < -0.3 is 5.32 Å². The van der Waals surface area contributed by atoms with Crippen molar-refractivity contribution in [3.8, 4) is 0 Å². The molecule has 0 amide bonds. The van der Waals surface area contributed by atoms with E-state index in [1.165, 1.54) is 38.8 Å². The summed E-state index contributed by atoms with van der Waals surface area (Å²) < 4.78 is 0. The molecular weight excluding hydrogens is 208 g/mol. The molecule has 1 aliphatic rings. The van der Waals surface area contributed by atoms with Gasteiger partial charge in [0.15, 0.2) is 0 Å². The third kappa shape index (κ3) is 5.39. The van der Waals surface area contributed by atoms with Gasteiger partial charge in [0.25, 0.3) is 0 Å². The Bertz CT molecular complexity index is 180. The van der Waals surface area contributed by atoms with Crippen molar-refractivity contribution in [1.82, 2.24) is 10.2 Å². The first kappa shape index (κ1) is 16.9. The minimum atomic E-state index is 0.384. The van der Waals surface area contributed by atoms with Gasteiger partial charge in [-0.05, 0) is 46.2 Å². The molecule has 1 atom stereocenters. The maximum atomic E-state index is 3.73. The number of rotatable bonds is 4. The fourth-order valence-corrected chi connectivity index (χ4v) is 2.70. The van der Waals surface area contributed by atoms with Gasteiger partial charge in [-0.25, -0.2) is 0 Å². The van der Waals surface area contributed by atoms with Gasteiger partial charge in [-0.15, -0.1) is 0 Å². The van der Waals surface area contributed by atoms with Crippen LogP contribution < -0.4 is 5.32 Å². The van der Waals surface area contributed by atoms with Crippen LogP contribution in [0.25, 0.3) is 0 Å². The van der Waals surface area contributed by atoms with Crippen LogP contribution in [0, 0.1) is 0 Å². The summed E-state index contributed by atoms with van der Waals surface area (Å²) in [5, 5.41) is 3.73. The maximum Gasteiger partial charge on any atom is 0.0306 e. The summed E-state index contributed by atoms with van der Waals surface area (Å²) in [6.07, 6.45) is 5.35. The second kappa shape index (κ2) is 8.93. The Labute approximate surface area is 109 Å². The highest BCUT2D eigenvalue weighted by Crippen LogP contribution is 2.25. The van der Waals surface area contributed by atoms with Crippen LogP contribution in [0.1, 0.15) is 67.2 Å². The zero-order valence-corrected chi connectivity index (χ0v) is 13.0. The third-order valence-corrected chi connectivity index (χ3v) is 3.82. The highest BCUT2D eigenvalue weighted by molar-refractivity contribution is 4.92. The topological polar surface area (TPSA) is 15.3 Å². The van der Waals surface area contributed by atoms with Gasteiger partial charge in [0.2, 0.25) is 0 Å². The first-order valence-electron chi connectivity index (χ1n) is 7.62. The van der Waals surface area contributed by atoms with Crippen molar-refractivity contribution in [3.63, 3.8) is 0 Å². The van der Waals surface area contributed by atoms with Crippen molar-refractivity contribution >= 4 is 0 Å². The molecule has 104 valence electrons. The predicted octanol–water partition coefficient (Wildman–Crippen LogP) is 3.67. The summed E-state index contributed by atoms with van der Waals surface area (Å²) in [4.78, 5) is 2.64. The lowest BCUT2D eigenvalue weighted by atomic mass is 9.90. The van der Waals surface area contributed by atoms with Crippen molar-refractivity contribution in [1.29, 1.82) is 0 Å².